The van der Waals surface area contributed by atoms with E-state index >= 15 is 0 Å². The first-order valence-corrected chi connectivity index (χ1v) is 8.09. The van der Waals surface area contributed by atoms with Crippen LogP contribution in [0.2, 0.25) is 0 Å². The second-order valence-corrected chi connectivity index (χ2v) is 6.74. The first kappa shape index (κ1) is 18.5. The summed E-state index contributed by atoms with van der Waals surface area (Å²) in [6.07, 6.45) is 2.29. The molecular weight excluding hydrogens is 324 g/mol. The molecule has 1 aromatic carbocycles. The number of carbonyl (C=O) groups is 1. The highest BCUT2D eigenvalue weighted by molar-refractivity contribution is 5.94. The van der Waals surface area contributed by atoms with E-state index in [1.165, 1.54) is 0 Å². The molecule has 0 radical (unpaired) electrons. The molecule has 1 amide bonds. The highest BCUT2D eigenvalue weighted by atomic mass is 35.5. The summed E-state index contributed by atoms with van der Waals surface area (Å²) in [7, 11) is 0. The van der Waals surface area contributed by atoms with Crippen LogP contribution < -0.4 is 11.1 Å². The van der Waals surface area contributed by atoms with Crippen molar-refractivity contribution in [2.75, 3.05) is 6.54 Å². The summed E-state index contributed by atoms with van der Waals surface area (Å²) in [6, 6.07) is 9.55. The average Bonchev–Trinajstić information content (AvgIpc) is 3.33. The number of amides is 1. The second-order valence-electron chi connectivity index (χ2n) is 6.74. The third-order valence-electron chi connectivity index (χ3n) is 4.69. The molecule has 1 aromatic heterocycles. The van der Waals surface area contributed by atoms with Crippen LogP contribution in [0.15, 0.2) is 30.3 Å². The molecule has 0 saturated heterocycles. The van der Waals surface area contributed by atoms with Crippen LogP contribution in [-0.2, 0) is 0 Å². The minimum absolute atomic E-state index is 0. The highest BCUT2D eigenvalue weighted by Gasteiger charge is 2.41. The number of nitrogens with zero attached hydrogens (tertiary/aromatic N) is 2. The number of aromatic nitrogens is 2. The molecule has 1 fully saturated rings. The van der Waals surface area contributed by atoms with E-state index in [2.05, 4.69) is 10.4 Å². The fourth-order valence-electron chi connectivity index (χ4n) is 3.02. The van der Waals surface area contributed by atoms with Crippen molar-refractivity contribution in [3.8, 4) is 5.69 Å². The van der Waals surface area contributed by atoms with Crippen LogP contribution in [0.5, 0.6) is 0 Å². The van der Waals surface area contributed by atoms with Crippen molar-refractivity contribution in [2.24, 2.45) is 11.7 Å². The summed E-state index contributed by atoms with van der Waals surface area (Å²) in [4.78, 5) is 12.5. The first-order chi connectivity index (χ1) is 10.9. The normalized spacial score (nSPS) is 16.2. The Balaban J connectivity index is 0.00000208. The molecule has 6 heteroatoms. The Kier molecular flexibility index (Phi) is 5.35. The third kappa shape index (κ3) is 3.62. The summed E-state index contributed by atoms with van der Waals surface area (Å²) in [5.41, 5.74) is 9.22. The standard InChI is InChI=1S/C18H24N4O.ClH/c1-12-10-13(2)22(21-12)16-8-4-14(5-9-16)17(23)20-18(3,11-19)15-6-7-15;/h4-5,8-10,15H,6-7,11,19H2,1-3H3,(H,20,23);1H. The van der Waals surface area contributed by atoms with Gasteiger partial charge in [0.1, 0.15) is 0 Å². The van der Waals surface area contributed by atoms with Crippen LogP contribution in [0.4, 0.5) is 0 Å². The summed E-state index contributed by atoms with van der Waals surface area (Å²) in [6.45, 7) is 6.49. The Morgan fingerprint density at radius 3 is 2.42 bits per heavy atom. The molecule has 130 valence electrons. The number of nitrogens with two attached hydrogens (primary N) is 1. The largest absolute Gasteiger partial charge is 0.345 e. The SMILES string of the molecule is Cc1cc(C)n(-c2ccc(C(=O)NC(C)(CN)C3CC3)cc2)n1.Cl. The molecule has 0 spiro atoms. The van der Waals surface area contributed by atoms with Crippen molar-refractivity contribution in [1.29, 1.82) is 0 Å². The molecule has 3 N–H and O–H groups in total. The summed E-state index contributed by atoms with van der Waals surface area (Å²) in [5.74, 6) is 0.440. The zero-order valence-electron chi connectivity index (χ0n) is 14.4. The molecular formula is C18H25ClN4O. The number of carbonyl (C=O) groups excluding carboxylic acids is 1. The predicted molar refractivity (Wildman–Crippen MR) is 97.9 cm³/mol. The summed E-state index contributed by atoms with van der Waals surface area (Å²) in [5, 5.41) is 7.57. The summed E-state index contributed by atoms with van der Waals surface area (Å²) < 4.78 is 1.88. The zero-order valence-corrected chi connectivity index (χ0v) is 15.2. The van der Waals surface area contributed by atoms with Gasteiger partial charge in [0.2, 0.25) is 0 Å². The molecule has 5 nitrogen and oxygen atoms in total. The fraction of sp³-hybridized carbons (Fsp3) is 0.444. The van der Waals surface area contributed by atoms with E-state index in [-0.39, 0.29) is 23.9 Å². The Morgan fingerprint density at radius 2 is 1.96 bits per heavy atom. The van der Waals surface area contributed by atoms with Crippen molar-refractivity contribution in [1.82, 2.24) is 15.1 Å². The van der Waals surface area contributed by atoms with E-state index in [0.29, 0.717) is 18.0 Å². The quantitative estimate of drug-likeness (QED) is 0.872. The summed E-state index contributed by atoms with van der Waals surface area (Å²) >= 11 is 0. The van der Waals surface area contributed by atoms with Crippen LogP contribution in [0, 0.1) is 19.8 Å². The van der Waals surface area contributed by atoms with Gasteiger partial charge in [-0.2, -0.15) is 5.10 Å². The van der Waals surface area contributed by atoms with Crippen LogP contribution in [0.25, 0.3) is 5.69 Å². The molecule has 24 heavy (non-hydrogen) atoms. The molecule has 1 unspecified atom stereocenters. The highest BCUT2D eigenvalue weighted by Crippen LogP contribution is 2.39. The van der Waals surface area contributed by atoms with Gasteiger partial charge in [0.25, 0.3) is 5.91 Å². The maximum atomic E-state index is 12.5. The van der Waals surface area contributed by atoms with Crippen molar-refractivity contribution < 1.29 is 4.79 Å². The topological polar surface area (TPSA) is 72.9 Å². The van der Waals surface area contributed by atoms with Gasteiger partial charge in [-0.3, -0.25) is 4.79 Å². The average molecular weight is 349 g/mol. The second kappa shape index (κ2) is 6.95. The van der Waals surface area contributed by atoms with Gasteiger partial charge < -0.3 is 11.1 Å². The zero-order chi connectivity index (χ0) is 16.6. The Morgan fingerprint density at radius 1 is 1.33 bits per heavy atom. The van der Waals surface area contributed by atoms with Gasteiger partial charge in [-0.15, -0.1) is 12.4 Å². The number of rotatable bonds is 5. The molecule has 3 rings (SSSR count). The van der Waals surface area contributed by atoms with Gasteiger partial charge >= 0.3 is 0 Å². The van der Waals surface area contributed by atoms with Crippen molar-refractivity contribution in [2.45, 2.75) is 39.2 Å². The Hall–Kier alpha value is -1.85. The van der Waals surface area contributed by atoms with Gasteiger partial charge in [0.05, 0.1) is 16.9 Å². The van der Waals surface area contributed by atoms with Gasteiger partial charge in [0.15, 0.2) is 0 Å². The molecule has 1 atom stereocenters. The lowest BCUT2D eigenvalue weighted by atomic mass is 9.95. The number of aryl methyl sites for hydroxylation is 2. The number of halogens is 1. The van der Waals surface area contributed by atoms with E-state index in [9.17, 15) is 4.79 Å². The van der Waals surface area contributed by atoms with Gasteiger partial charge in [-0.05, 0) is 69.9 Å². The minimum atomic E-state index is -0.300. The number of hydrogen-bond acceptors (Lipinski definition) is 3. The van der Waals surface area contributed by atoms with Crippen LogP contribution >= 0.6 is 12.4 Å². The maximum absolute atomic E-state index is 12.5. The van der Waals surface area contributed by atoms with Crippen molar-refractivity contribution >= 4 is 18.3 Å². The van der Waals surface area contributed by atoms with Crippen LogP contribution in [0.3, 0.4) is 0 Å². The van der Waals surface area contributed by atoms with E-state index < -0.39 is 0 Å². The molecule has 0 bridgehead atoms. The minimum Gasteiger partial charge on any atom is -0.345 e. The van der Waals surface area contributed by atoms with Crippen LogP contribution in [0.1, 0.15) is 41.5 Å². The lowest BCUT2D eigenvalue weighted by molar-refractivity contribution is 0.0898. The van der Waals surface area contributed by atoms with Crippen molar-refractivity contribution in [3.63, 3.8) is 0 Å². The Bertz CT molecular complexity index is 721. The molecule has 1 saturated carbocycles. The van der Waals surface area contributed by atoms with Crippen molar-refractivity contribution in [3.05, 3.63) is 47.3 Å². The van der Waals surface area contributed by atoms with Gasteiger partial charge in [-0.25, -0.2) is 4.68 Å². The number of benzene rings is 1. The lowest BCUT2D eigenvalue weighted by Crippen LogP contribution is -2.53. The number of hydrogen-bond donors (Lipinski definition) is 2. The maximum Gasteiger partial charge on any atom is 0.251 e. The van der Waals surface area contributed by atoms with Gasteiger partial charge in [-0.1, -0.05) is 0 Å². The van der Waals surface area contributed by atoms with E-state index in [1.807, 2.05) is 55.8 Å². The molecule has 1 heterocycles. The van der Waals surface area contributed by atoms with E-state index in [4.69, 9.17) is 5.73 Å². The monoisotopic (exact) mass is 348 g/mol. The van der Waals surface area contributed by atoms with Gasteiger partial charge in [0, 0.05) is 17.8 Å². The molecule has 1 aliphatic carbocycles. The smallest absolute Gasteiger partial charge is 0.251 e. The third-order valence-corrected chi connectivity index (χ3v) is 4.69. The van der Waals surface area contributed by atoms with Crippen LogP contribution in [-0.4, -0.2) is 27.8 Å². The Labute approximate surface area is 149 Å². The molecule has 2 aromatic rings. The van der Waals surface area contributed by atoms with E-state index in [1.54, 1.807) is 0 Å². The fourth-order valence-corrected chi connectivity index (χ4v) is 3.02. The predicted octanol–water partition coefficient (Wildman–Crippen LogP) is 2.77. The van der Waals surface area contributed by atoms with E-state index in [0.717, 1.165) is 29.9 Å². The first-order valence-electron chi connectivity index (χ1n) is 8.09. The molecule has 0 aliphatic heterocycles. The lowest BCUT2D eigenvalue weighted by Gasteiger charge is -2.29. The molecule has 1 aliphatic rings. The number of nitrogens with one attached hydrogen (secondary N) is 1.